The highest BCUT2D eigenvalue weighted by Gasteiger charge is 2.28. The quantitative estimate of drug-likeness (QED) is 0.555. The van der Waals surface area contributed by atoms with Crippen LogP contribution in [0.2, 0.25) is 0 Å². The van der Waals surface area contributed by atoms with Gasteiger partial charge in [0, 0.05) is 41.9 Å². The van der Waals surface area contributed by atoms with E-state index in [1.54, 1.807) is 4.31 Å². The molecule has 0 radical (unpaired) electrons. The van der Waals surface area contributed by atoms with E-state index in [9.17, 15) is 8.42 Å². The minimum atomic E-state index is -3.20. The number of nitrogens with zero attached hydrogens (tertiary/aromatic N) is 3. The minimum Gasteiger partial charge on any atom is -0.332 e. The summed E-state index contributed by atoms with van der Waals surface area (Å²) in [6.45, 7) is 2.11. The third kappa shape index (κ3) is 4.47. The first kappa shape index (κ1) is 19.6. The summed E-state index contributed by atoms with van der Waals surface area (Å²) in [7, 11) is -3.20. The van der Waals surface area contributed by atoms with Crippen molar-refractivity contribution in [1.82, 2.24) is 13.9 Å². The van der Waals surface area contributed by atoms with Gasteiger partial charge in [-0.2, -0.15) is 0 Å². The molecule has 1 saturated heterocycles. The van der Waals surface area contributed by atoms with Gasteiger partial charge in [-0.15, -0.1) is 0 Å². The zero-order chi connectivity index (χ0) is 19.6. The molecule has 0 unspecified atom stereocenters. The number of fused-ring (bicyclic) bond motifs is 1. The number of sulfonamides is 1. The predicted molar refractivity (Wildman–Crippen MR) is 116 cm³/mol. The highest BCUT2D eigenvalue weighted by molar-refractivity contribution is 9.10. The van der Waals surface area contributed by atoms with E-state index in [-0.39, 0.29) is 5.75 Å². The third-order valence-electron chi connectivity index (χ3n) is 5.48. The van der Waals surface area contributed by atoms with Crippen molar-refractivity contribution in [2.24, 2.45) is 5.92 Å². The molecule has 4 rings (SSSR count). The minimum absolute atomic E-state index is 0.183. The summed E-state index contributed by atoms with van der Waals surface area (Å²) in [5.41, 5.74) is 2.06. The summed E-state index contributed by atoms with van der Waals surface area (Å²) in [5, 5.41) is 1.12. The van der Waals surface area contributed by atoms with E-state index in [1.807, 2.05) is 36.5 Å². The molecule has 1 aliphatic heterocycles. The Bertz CT molecular complexity index is 1040. The van der Waals surface area contributed by atoms with Crippen LogP contribution in [0.4, 0.5) is 0 Å². The largest absolute Gasteiger partial charge is 0.332 e. The lowest BCUT2D eigenvalue weighted by atomic mass is 9.98. The van der Waals surface area contributed by atoms with Gasteiger partial charge in [0.1, 0.15) is 5.65 Å². The van der Waals surface area contributed by atoms with Crippen LogP contribution in [0, 0.1) is 5.92 Å². The van der Waals surface area contributed by atoms with E-state index < -0.39 is 10.0 Å². The van der Waals surface area contributed by atoms with Gasteiger partial charge in [0.05, 0.1) is 5.75 Å². The molecule has 1 aliphatic rings. The van der Waals surface area contributed by atoms with Crippen LogP contribution < -0.4 is 0 Å². The molecule has 5 nitrogen and oxygen atoms in total. The second kappa shape index (κ2) is 8.35. The summed E-state index contributed by atoms with van der Waals surface area (Å²) in [6.07, 6.45) is 6.25. The van der Waals surface area contributed by atoms with E-state index in [0.29, 0.717) is 25.4 Å². The summed E-state index contributed by atoms with van der Waals surface area (Å²) in [6, 6.07) is 14.0. The Morgan fingerprint density at radius 3 is 2.61 bits per heavy atom. The molecule has 28 heavy (non-hydrogen) atoms. The van der Waals surface area contributed by atoms with Crippen LogP contribution in [-0.2, 0) is 23.0 Å². The average molecular weight is 462 g/mol. The maximum Gasteiger partial charge on any atom is 0.214 e. The Balaban J connectivity index is 1.33. The maximum atomic E-state index is 12.7. The molecule has 1 fully saturated rings. The Hall–Kier alpha value is -1.70. The third-order valence-corrected chi connectivity index (χ3v) is 7.79. The van der Waals surface area contributed by atoms with Crippen LogP contribution >= 0.6 is 15.9 Å². The number of aromatic nitrogens is 2. The first-order valence-electron chi connectivity index (χ1n) is 9.63. The number of benzene rings is 1. The van der Waals surface area contributed by atoms with Crippen LogP contribution in [-0.4, -0.2) is 41.1 Å². The predicted octanol–water partition coefficient (Wildman–Crippen LogP) is 4.08. The maximum absolute atomic E-state index is 12.7. The van der Waals surface area contributed by atoms with E-state index in [4.69, 9.17) is 0 Å². The molecule has 1 aromatic carbocycles. The number of hydrogen-bond acceptors (Lipinski definition) is 3. The Morgan fingerprint density at radius 1 is 1.11 bits per heavy atom. The number of pyridine rings is 1. The fraction of sp³-hybridized carbons (Fsp3) is 0.381. The smallest absolute Gasteiger partial charge is 0.214 e. The van der Waals surface area contributed by atoms with Crippen molar-refractivity contribution in [1.29, 1.82) is 0 Å². The molecule has 0 bridgehead atoms. The lowest BCUT2D eigenvalue weighted by Gasteiger charge is -2.31. The molecule has 0 atom stereocenters. The molecular formula is C21H24BrN3O2S. The zero-order valence-electron chi connectivity index (χ0n) is 15.7. The fourth-order valence-electron chi connectivity index (χ4n) is 3.87. The van der Waals surface area contributed by atoms with Crippen LogP contribution in [0.15, 0.2) is 59.3 Å². The van der Waals surface area contributed by atoms with Crippen LogP contribution in [0.1, 0.15) is 18.4 Å². The molecule has 0 N–H and O–H groups in total. The van der Waals surface area contributed by atoms with Crippen LogP contribution in [0.25, 0.3) is 11.0 Å². The van der Waals surface area contributed by atoms with Gasteiger partial charge in [0.2, 0.25) is 10.0 Å². The van der Waals surface area contributed by atoms with E-state index in [0.717, 1.165) is 40.5 Å². The Labute approximate surface area is 174 Å². The second-order valence-corrected chi connectivity index (χ2v) is 10.4. The topological polar surface area (TPSA) is 55.2 Å². The molecular weight excluding hydrogens is 438 g/mol. The van der Waals surface area contributed by atoms with Gasteiger partial charge in [-0.3, -0.25) is 0 Å². The van der Waals surface area contributed by atoms with Crippen molar-refractivity contribution in [3.8, 4) is 0 Å². The normalized spacial score (nSPS) is 16.6. The average Bonchev–Trinajstić information content (AvgIpc) is 3.09. The van der Waals surface area contributed by atoms with Crippen molar-refractivity contribution in [3.05, 3.63) is 64.9 Å². The standard InChI is InChI=1S/C21H24BrN3O2S/c22-20-14-19-8-10-24(21(19)23-15-20)16-18-6-11-25(12-7-18)28(26,27)13-9-17-4-2-1-3-5-17/h1-5,8,10,14-15,18H,6-7,9,11-13,16H2. The van der Waals surface area contributed by atoms with Gasteiger partial charge in [-0.25, -0.2) is 17.7 Å². The summed E-state index contributed by atoms with van der Waals surface area (Å²) < 4.78 is 30.2. The second-order valence-electron chi connectivity index (χ2n) is 7.43. The van der Waals surface area contributed by atoms with Crippen molar-refractivity contribution in [2.45, 2.75) is 25.8 Å². The number of hydrogen-bond donors (Lipinski definition) is 0. The Kier molecular flexibility index (Phi) is 5.85. The van der Waals surface area contributed by atoms with E-state index in [2.05, 4.69) is 43.8 Å². The van der Waals surface area contributed by atoms with Gasteiger partial charge >= 0.3 is 0 Å². The monoisotopic (exact) mass is 461 g/mol. The van der Waals surface area contributed by atoms with Gasteiger partial charge in [0.15, 0.2) is 0 Å². The van der Waals surface area contributed by atoms with Crippen molar-refractivity contribution in [2.75, 3.05) is 18.8 Å². The molecule has 0 saturated carbocycles. The van der Waals surface area contributed by atoms with Crippen LogP contribution in [0.5, 0.6) is 0 Å². The molecule has 3 aromatic rings. The number of piperidine rings is 1. The molecule has 3 heterocycles. The number of halogens is 1. The van der Waals surface area contributed by atoms with Gasteiger partial charge < -0.3 is 4.57 Å². The lowest BCUT2D eigenvalue weighted by Crippen LogP contribution is -2.40. The highest BCUT2D eigenvalue weighted by atomic mass is 79.9. The first-order chi connectivity index (χ1) is 13.5. The first-order valence-corrected chi connectivity index (χ1v) is 12.0. The molecule has 0 spiro atoms. The fourth-order valence-corrected chi connectivity index (χ4v) is 5.74. The zero-order valence-corrected chi connectivity index (χ0v) is 18.1. The molecule has 148 valence electrons. The van der Waals surface area contributed by atoms with E-state index in [1.165, 1.54) is 0 Å². The van der Waals surface area contributed by atoms with Crippen molar-refractivity contribution < 1.29 is 8.42 Å². The molecule has 7 heteroatoms. The van der Waals surface area contributed by atoms with Crippen molar-refractivity contribution in [3.63, 3.8) is 0 Å². The van der Waals surface area contributed by atoms with Crippen LogP contribution in [0.3, 0.4) is 0 Å². The molecule has 0 aliphatic carbocycles. The van der Waals surface area contributed by atoms with E-state index >= 15 is 0 Å². The lowest BCUT2D eigenvalue weighted by molar-refractivity contribution is 0.254. The highest BCUT2D eigenvalue weighted by Crippen LogP contribution is 2.25. The van der Waals surface area contributed by atoms with Gasteiger partial charge in [0.25, 0.3) is 0 Å². The van der Waals surface area contributed by atoms with Gasteiger partial charge in [-0.1, -0.05) is 30.3 Å². The summed E-state index contributed by atoms with van der Waals surface area (Å²) >= 11 is 3.46. The Morgan fingerprint density at radius 2 is 1.86 bits per heavy atom. The number of rotatable bonds is 6. The molecule has 0 amide bonds. The van der Waals surface area contributed by atoms with Gasteiger partial charge in [-0.05, 0) is 58.8 Å². The van der Waals surface area contributed by atoms with Crippen molar-refractivity contribution >= 4 is 37.0 Å². The molecule has 2 aromatic heterocycles. The summed E-state index contributed by atoms with van der Waals surface area (Å²) in [5.74, 6) is 0.657. The number of aryl methyl sites for hydroxylation is 1. The summed E-state index contributed by atoms with van der Waals surface area (Å²) in [4.78, 5) is 4.52. The SMILES string of the molecule is O=S(=O)(CCc1ccccc1)N1CCC(Cn2ccc3cc(Br)cnc32)CC1.